The normalized spacial score (nSPS) is 24.1. The molecule has 1 heterocycles. The van der Waals surface area contributed by atoms with Gasteiger partial charge in [0.1, 0.15) is 0 Å². The molecule has 3 heteroatoms. The molecule has 0 saturated heterocycles. The number of ether oxygens (including phenoxy) is 2. The first kappa shape index (κ1) is 17.0. The summed E-state index contributed by atoms with van der Waals surface area (Å²) in [6.45, 7) is 0. The molecule has 0 fully saturated rings. The summed E-state index contributed by atoms with van der Waals surface area (Å²) in [5, 5.41) is 2.02. The zero-order valence-electron chi connectivity index (χ0n) is 16.1. The fraction of sp³-hybridized carbons (Fsp3) is 0.0741. The molecular formula is C27H18O3. The van der Waals surface area contributed by atoms with Crippen LogP contribution in [0, 0.1) is 0 Å². The van der Waals surface area contributed by atoms with Crippen molar-refractivity contribution >= 4 is 16.6 Å². The summed E-state index contributed by atoms with van der Waals surface area (Å²) in [7, 11) is 0. The van der Waals surface area contributed by atoms with Gasteiger partial charge >= 0.3 is 0 Å². The fourth-order valence-electron chi connectivity index (χ4n) is 4.71. The van der Waals surface area contributed by atoms with Crippen molar-refractivity contribution in [3.8, 4) is 11.5 Å². The van der Waals surface area contributed by atoms with Gasteiger partial charge in [0.05, 0.1) is 0 Å². The van der Waals surface area contributed by atoms with Crippen LogP contribution in [0.2, 0.25) is 0 Å². The van der Waals surface area contributed by atoms with Crippen LogP contribution < -0.4 is 9.47 Å². The fourth-order valence-corrected chi connectivity index (χ4v) is 4.71. The number of ketones is 1. The van der Waals surface area contributed by atoms with Gasteiger partial charge in [-0.05, 0) is 23.6 Å². The molecule has 2 aliphatic rings. The molecule has 0 N–H and O–H groups in total. The summed E-state index contributed by atoms with van der Waals surface area (Å²) in [6, 6.07) is 31.4. The average molecular weight is 390 g/mol. The number of carbonyl (C=O) groups excluding carboxylic acids is 1. The van der Waals surface area contributed by atoms with E-state index < -0.39 is 11.2 Å². The lowest BCUT2D eigenvalue weighted by atomic mass is 9.73. The van der Waals surface area contributed by atoms with Gasteiger partial charge in [0.15, 0.2) is 11.5 Å². The van der Waals surface area contributed by atoms with Gasteiger partial charge in [0.25, 0.3) is 0 Å². The molecule has 0 saturated carbocycles. The van der Waals surface area contributed by atoms with Crippen LogP contribution in [0.5, 0.6) is 11.5 Å². The van der Waals surface area contributed by atoms with Crippen LogP contribution in [-0.2, 0) is 16.0 Å². The van der Waals surface area contributed by atoms with Gasteiger partial charge in [-0.1, -0.05) is 91.0 Å². The summed E-state index contributed by atoms with van der Waals surface area (Å²) < 4.78 is 13.5. The topological polar surface area (TPSA) is 35.5 Å². The Kier molecular flexibility index (Phi) is 3.45. The summed E-state index contributed by atoms with van der Waals surface area (Å²) in [5.41, 5.74) is -0.799. The highest BCUT2D eigenvalue weighted by Crippen LogP contribution is 2.58. The Morgan fingerprint density at radius 1 is 0.633 bits per heavy atom. The summed E-state index contributed by atoms with van der Waals surface area (Å²) in [4.78, 5) is 13.5. The Balaban J connectivity index is 1.70. The van der Waals surface area contributed by atoms with Crippen molar-refractivity contribution in [3.05, 3.63) is 120 Å². The zero-order valence-corrected chi connectivity index (χ0v) is 16.1. The number of hydrogen-bond acceptors (Lipinski definition) is 3. The van der Waals surface area contributed by atoms with Gasteiger partial charge in [-0.3, -0.25) is 4.79 Å². The molecule has 2 atom stereocenters. The minimum Gasteiger partial charge on any atom is -0.469 e. The van der Waals surface area contributed by atoms with E-state index in [0.717, 1.165) is 21.9 Å². The minimum atomic E-state index is -1.33. The molecule has 0 bridgehead atoms. The highest BCUT2D eigenvalue weighted by molar-refractivity contribution is 6.04. The second kappa shape index (κ2) is 6.07. The van der Waals surface area contributed by atoms with Crippen LogP contribution in [0.3, 0.4) is 0 Å². The van der Waals surface area contributed by atoms with Crippen molar-refractivity contribution in [3.63, 3.8) is 0 Å². The standard InChI is InChI=1S/C27H18O3/c28-24-17-18-26(20-10-3-1-4-11-20)27(24,21-12-5-2-6-13-21)29-23-16-15-19-9-7-8-14-22(19)25(23)30-26/h1-18H. The van der Waals surface area contributed by atoms with Gasteiger partial charge in [-0.15, -0.1) is 0 Å². The molecule has 4 aromatic rings. The second-order valence-electron chi connectivity index (χ2n) is 7.66. The molecule has 0 aromatic heterocycles. The van der Waals surface area contributed by atoms with Gasteiger partial charge in [-0.25, -0.2) is 0 Å². The van der Waals surface area contributed by atoms with Crippen LogP contribution >= 0.6 is 0 Å². The third kappa shape index (κ3) is 2.07. The smallest absolute Gasteiger partial charge is 0.243 e. The van der Waals surface area contributed by atoms with Gasteiger partial charge in [-0.2, -0.15) is 0 Å². The van der Waals surface area contributed by atoms with Crippen LogP contribution in [0.25, 0.3) is 10.8 Å². The largest absolute Gasteiger partial charge is 0.469 e. The lowest BCUT2D eigenvalue weighted by Gasteiger charge is -2.48. The Morgan fingerprint density at radius 2 is 1.30 bits per heavy atom. The summed E-state index contributed by atoms with van der Waals surface area (Å²) >= 11 is 0. The second-order valence-corrected chi connectivity index (χ2v) is 7.66. The molecule has 1 aliphatic carbocycles. The molecular weight excluding hydrogens is 372 g/mol. The molecule has 144 valence electrons. The summed E-state index contributed by atoms with van der Waals surface area (Å²) in [6.07, 6.45) is 3.44. The Morgan fingerprint density at radius 3 is 2.07 bits per heavy atom. The molecule has 0 amide bonds. The van der Waals surface area contributed by atoms with E-state index in [1.165, 1.54) is 0 Å². The predicted octanol–water partition coefficient (Wildman–Crippen LogP) is 5.54. The van der Waals surface area contributed by atoms with E-state index in [9.17, 15) is 4.79 Å². The van der Waals surface area contributed by atoms with Crippen molar-refractivity contribution in [2.75, 3.05) is 0 Å². The minimum absolute atomic E-state index is 0.128. The van der Waals surface area contributed by atoms with E-state index in [-0.39, 0.29) is 5.78 Å². The van der Waals surface area contributed by atoms with E-state index in [4.69, 9.17) is 9.47 Å². The molecule has 30 heavy (non-hydrogen) atoms. The van der Waals surface area contributed by atoms with Crippen molar-refractivity contribution < 1.29 is 14.3 Å². The van der Waals surface area contributed by atoms with E-state index in [0.29, 0.717) is 11.5 Å². The number of fused-ring (bicyclic) bond motifs is 4. The number of hydrogen-bond donors (Lipinski definition) is 0. The van der Waals surface area contributed by atoms with Crippen molar-refractivity contribution in [2.45, 2.75) is 11.2 Å². The molecule has 1 aliphatic heterocycles. The Hall–Kier alpha value is -3.85. The molecule has 6 rings (SSSR count). The van der Waals surface area contributed by atoms with Gasteiger partial charge in [0, 0.05) is 16.5 Å². The number of rotatable bonds is 2. The molecule has 0 radical (unpaired) electrons. The maximum atomic E-state index is 13.5. The third-order valence-electron chi connectivity index (χ3n) is 6.09. The molecule has 4 aromatic carbocycles. The van der Waals surface area contributed by atoms with Gasteiger partial charge < -0.3 is 9.47 Å². The van der Waals surface area contributed by atoms with Gasteiger partial charge in [0.2, 0.25) is 17.0 Å². The maximum Gasteiger partial charge on any atom is 0.243 e. The SMILES string of the molecule is O=C1C=CC2(c3ccccc3)Oc3c(ccc4ccccc34)OC12c1ccccc1. The predicted molar refractivity (Wildman–Crippen MR) is 116 cm³/mol. The monoisotopic (exact) mass is 390 g/mol. The Labute approximate surface area is 174 Å². The molecule has 3 nitrogen and oxygen atoms in total. The van der Waals surface area contributed by atoms with E-state index in [1.54, 1.807) is 6.08 Å². The van der Waals surface area contributed by atoms with Crippen molar-refractivity contribution in [1.82, 2.24) is 0 Å². The van der Waals surface area contributed by atoms with Crippen LogP contribution in [0.1, 0.15) is 11.1 Å². The third-order valence-corrected chi connectivity index (χ3v) is 6.09. The van der Waals surface area contributed by atoms with Crippen LogP contribution in [0.15, 0.2) is 109 Å². The van der Waals surface area contributed by atoms with E-state index in [1.807, 2.05) is 103 Å². The average Bonchev–Trinajstić information content (AvgIpc) is 3.12. The van der Waals surface area contributed by atoms with E-state index in [2.05, 4.69) is 0 Å². The maximum absolute atomic E-state index is 13.5. The van der Waals surface area contributed by atoms with Crippen molar-refractivity contribution in [1.29, 1.82) is 0 Å². The highest BCUT2D eigenvalue weighted by atomic mass is 16.6. The first-order valence-electron chi connectivity index (χ1n) is 9.99. The first-order chi connectivity index (χ1) is 14.7. The van der Waals surface area contributed by atoms with Crippen molar-refractivity contribution in [2.24, 2.45) is 0 Å². The first-order valence-corrected chi connectivity index (χ1v) is 9.99. The highest BCUT2D eigenvalue weighted by Gasteiger charge is 2.66. The summed E-state index contributed by atoms with van der Waals surface area (Å²) in [5.74, 6) is 1.10. The Bertz CT molecular complexity index is 1310. The van der Waals surface area contributed by atoms with E-state index >= 15 is 0 Å². The quantitative estimate of drug-likeness (QED) is 0.451. The number of benzene rings is 4. The number of carbonyl (C=O) groups is 1. The zero-order chi connectivity index (χ0) is 20.2. The lowest BCUT2D eigenvalue weighted by Crippen LogP contribution is -2.59. The lowest BCUT2D eigenvalue weighted by molar-refractivity contribution is -0.154. The molecule has 2 unspecified atom stereocenters. The van der Waals surface area contributed by atoms with Crippen LogP contribution in [0.4, 0.5) is 0 Å². The molecule has 0 spiro atoms. The van der Waals surface area contributed by atoms with Crippen LogP contribution in [-0.4, -0.2) is 5.78 Å².